The topological polar surface area (TPSA) is 64.3 Å². The Morgan fingerprint density at radius 1 is 1.10 bits per heavy atom. The molecule has 2 unspecified atom stereocenters. The Morgan fingerprint density at radius 3 is 2.29 bits per heavy atom. The van der Waals surface area contributed by atoms with Crippen molar-refractivity contribution in [3.8, 4) is 0 Å². The summed E-state index contributed by atoms with van der Waals surface area (Å²) in [6.07, 6.45) is 10.8. The second-order valence-corrected chi connectivity index (χ2v) is 8.19. The van der Waals surface area contributed by atoms with Crippen molar-refractivity contribution in [2.45, 2.75) is 69.4 Å². The Balaban J connectivity index is 1.38. The van der Waals surface area contributed by atoms with Gasteiger partial charge in [-0.15, -0.1) is 0 Å². The maximum atomic E-state index is 12.4. The second kappa shape index (κ2) is 5.15. The Kier molecular flexibility index (Phi) is 3.40. The minimum absolute atomic E-state index is 0.0453. The molecule has 0 saturated heterocycles. The van der Waals surface area contributed by atoms with Crippen LogP contribution in [0.25, 0.3) is 0 Å². The van der Waals surface area contributed by atoms with E-state index < -0.39 is 0 Å². The minimum atomic E-state index is -0.178. The van der Waals surface area contributed by atoms with Crippen LogP contribution in [0.15, 0.2) is 0 Å². The largest absolute Gasteiger partial charge is 0.446 e. The van der Waals surface area contributed by atoms with Crippen LogP contribution in [0.4, 0.5) is 4.79 Å². The molecular weight excluding hydrogens is 264 g/mol. The number of nitrogens with two attached hydrogens (primary N) is 1. The predicted octanol–water partition coefficient (Wildman–Crippen LogP) is 2.81. The highest BCUT2D eigenvalue weighted by molar-refractivity contribution is 5.68. The Morgan fingerprint density at radius 2 is 1.71 bits per heavy atom. The van der Waals surface area contributed by atoms with Crippen LogP contribution in [0.5, 0.6) is 0 Å². The van der Waals surface area contributed by atoms with E-state index in [0.29, 0.717) is 12.5 Å². The van der Waals surface area contributed by atoms with Crippen LogP contribution in [-0.2, 0) is 4.74 Å². The molecule has 1 amide bonds. The van der Waals surface area contributed by atoms with Gasteiger partial charge in [0.15, 0.2) is 0 Å². The van der Waals surface area contributed by atoms with Gasteiger partial charge in [0.25, 0.3) is 0 Å². The lowest BCUT2D eigenvalue weighted by Gasteiger charge is -2.56. The normalized spacial score (nSPS) is 47.6. The van der Waals surface area contributed by atoms with E-state index in [1.165, 1.54) is 38.5 Å². The lowest BCUT2D eigenvalue weighted by Crippen LogP contribution is -2.60. The zero-order chi connectivity index (χ0) is 14.4. The second-order valence-electron chi connectivity index (χ2n) is 8.19. The third kappa shape index (κ3) is 2.56. The Labute approximate surface area is 127 Å². The van der Waals surface area contributed by atoms with Gasteiger partial charge in [-0.3, -0.25) is 0 Å². The van der Waals surface area contributed by atoms with Gasteiger partial charge in [-0.1, -0.05) is 0 Å². The van der Waals surface area contributed by atoms with Crippen molar-refractivity contribution in [1.29, 1.82) is 0 Å². The van der Waals surface area contributed by atoms with Crippen molar-refractivity contribution in [1.82, 2.24) is 5.32 Å². The van der Waals surface area contributed by atoms with Gasteiger partial charge in [0.1, 0.15) is 6.10 Å². The summed E-state index contributed by atoms with van der Waals surface area (Å²) >= 11 is 0. The average Bonchev–Trinajstić information content (AvgIpc) is 2.83. The summed E-state index contributed by atoms with van der Waals surface area (Å²) in [5, 5.41) is 3.29. The van der Waals surface area contributed by atoms with E-state index in [0.717, 1.165) is 37.0 Å². The molecule has 0 heterocycles. The molecule has 4 heteroatoms. The van der Waals surface area contributed by atoms with E-state index >= 15 is 0 Å². The van der Waals surface area contributed by atoms with Crippen LogP contribution in [0, 0.1) is 23.7 Å². The predicted molar refractivity (Wildman–Crippen MR) is 80.7 cm³/mol. The van der Waals surface area contributed by atoms with Gasteiger partial charge >= 0.3 is 6.09 Å². The number of carbonyl (C=O) groups excluding carboxylic acids is 1. The van der Waals surface area contributed by atoms with Crippen LogP contribution in [0.1, 0.15) is 57.8 Å². The highest BCUT2D eigenvalue weighted by Gasteiger charge is 2.52. The summed E-state index contributed by atoms with van der Waals surface area (Å²) in [4.78, 5) is 12.4. The maximum Gasteiger partial charge on any atom is 0.407 e. The molecule has 2 atom stereocenters. The zero-order valence-corrected chi connectivity index (χ0v) is 12.9. The molecule has 3 N–H and O–H groups in total. The molecule has 5 saturated carbocycles. The molecule has 4 bridgehead atoms. The molecule has 21 heavy (non-hydrogen) atoms. The van der Waals surface area contributed by atoms with Gasteiger partial charge in [0.05, 0.1) is 0 Å². The summed E-state index contributed by atoms with van der Waals surface area (Å²) in [6, 6.07) is 0. The molecule has 5 fully saturated rings. The van der Waals surface area contributed by atoms with Crippen molar-refractivity contribution in [3.63, 3.8) is 0 Å². The Bertz CT molecular complexity index is 388. The molecule has 0 spiro atoms. The Hall–Kier alpha value is -0.770. The van der Waals surface area contributed by atoms with E-state index in [1.54, 1.807) is 0 Å². The van der Waals surface area contributed by atoms with Crippen LogP contribution in [-0.4, -0.2) is 24.3 Å². The standard InChI is InChI=1S/C17H28N2O2/c18-10-14-2-1-3-15(14)21-16(20)19-17-7-11-4-12(8-17)6-13(5-11)9-17/h11-15H,1-10,18H2,(H,19,20). The molecule has 5 aliphatic carbocycles. The third-order valence-electron chi connectivity index (χ3n) is 6.56. The number of ether oxygens (including phenoxy) is 1. The molecule has 5 rings (SSSR count). The van der Waals surface area contributed by atoms with E-state index in [2.05, 4.69) is 5.32 Å². The summed E-state index contributed by atoms with van der Waals surface area (Å²) in [7, 11) is 0. The van der Waals surface area contributed by atoms with Gasteiger partial charge in [-0.05, 0) is 82.1 Å². The van der Waals surface area contributed by atoms with E-state index in [-0.39, 0.29) is 17.7 Å². The number of nitrogens with one attached hydrogen (secondary N) is 1. The third-order valence-corrected chi connectivity index (χ3v) is 6.56. The van der Waals surface area contributed by atoms with Crippen molar-refractivity contribution in [2.75, 3.05) is 6.54 Å². The number of hydrogen-bond acceptors (Lipinski definition) is 3. The molecule has 0 aromatic rings. The fourth-order valence-electron chi connectivity index (χ4n) is 6.07. The van der Waals surface area contributed by atoms with Gasteiger partial charge < -0.3 is 15.8 Å². The molecule has 118 valence electrons. The average molecular weight is 292 g/mol. The molecule has 0 aromatic heterocycles. The number of amides is 1. The van der Waals surface area contributed by atoms with Crippen molar-refractivity contribution >= 4 is 6.09 Å². The molecule has 0 aliphatic heterocycles. The molecule has 4 nitrogen and oxygen atoms in total. The first-order valence-corrected chi connectivity index (χ1v) is 8.85. The minimum Gasteiger partial charge on any atom is -0.446 e. The number of alkyl carbamates (subject to hydrolysis) is 1. The van der Waals surface area contributed by atoms with Gasteiger partial charge in [0, 0.05) is 11.5 Å². The smallest absolute Gasteiger partial charge is 0.407 e. The fourth-order valence-corrected chi connectivity index (χ4v) is 6.07. The van der Waals surface area contributed by atoms with Crippen molar-refractivity contribution < 1.29 is 9.53 Å². The summed E-state index contributed by atoms with van der Waals surface area (Å²) in [5.41, 5.74) is 5.83. The maximum absolute atomic E-state index is 12.4. The van der Waals surface area contributed by atoms with Crippen molar-refractivity contribution in [2.24, 2.45) is 29.4 Å². The lowest BCUT2D eigenvalue weighted by atomic mass is 9.53. The summed E-state index contributed by atoms with van der Waals surface area (Å²) < 4.78 is 5.72. The van der Waals surface area contributed by atoms with Crippen LogP contribution in [0.3, 0.4) is 0 Å². The fraction of sp³-hybridized carbons (Fsp3) is 0.941. The van der Waals surface area contributed by atoms with Gasteiger partial charge in [-0.25, -0.2) is 4.79 Å². The van der Waals surface area contributed by atoms with Crippen molar-refractivity contribution in [3.05, 3.63) is 0 Å². The summed E-state index contributed by atoms with van der Waals surface area (Å²) in [5.74, 6) is 2.91. The van der Waals surface area contributed by atoms with E-state index in [4.69, 9.17) is 10.5 Å². The SMILES string of the molecule is NCC1CCCC1OC(=O)NC12CC3CC(CC(C3)C1)C2. The highest BCUT2D eigenvalue weighted by Crippen LogP contribution is 2.55. The monoisotopic (exact) mass is 292 g/mol. The quantitative estimate of drug-likeness (QED) is 0.840. The zero-order valence-electron chi connectivity index (χ0n) is 12.9. The van der Waals surface area contributed by atoms with Crippen LogP contribution < -0.4 is 11.1 Å². The lowest BCUT2D eigenvalue weighted by molar-refractivity contribution is -0.0233. The molecular formula is C17H28N2O2. The highest BCUT2D eigenvalue weighted by atomic mass is 16.6. The van der Waals surface area contributed by atoms with Gasteiger partial charge in [0.2, 0.25) is 0 Å². The van der Waals surface area contributed by atoms with E-state index in [1.807, 2.05) is 0 Å². The first-order valence-electron chi connectivity index (χ1n) is 8.85. The first-order chi connectivity index (χ1) is 10.2. The van der Waals surface area contributed by atoms with Crippen LogP contribution >= 0.6 is 0 Å². The molecule has 0 radical (unpaired) electrons. The summed E-state index contributed by atoms with van der Waals surface area (Å²) in [6.45, 7) is 0.634. The number of hydrogen-bond donors (Lipinski definition) is 2. The number of carbonyl (C=O) groups is 1. The molecule has 0 aromatic carbocycles. The van der Waals surface area contributed by atoms with E-state index in [9.17, 15) is 4.79 Å². The number of rotatable bonds is 3. The van der Waals surface area contributed by atoms with Crippen LogP contribution in [0.2, 0.25) is 0 Å². The molecule has 5 aliphatic rings. The van der Waals surface area contributed by atoms with Gasteiger partial charge in [-0.2, -0.15) is 0 Å². The first kappa shape index (κ1) is 13.9.